The molecule has 2 amide bonds. The van der Waals surface area contributed by atoms with E-state index in [0.29, 0.717) is 40.5 Å². The van der Waals surface area contributed by atoms with Crippen LogP contribution < -0.4 is 10.2 Å². The first kappa shape index (κ1) is 25.8. The maximum absolute atomic E-state index is 12.8. The van der Waals surface area contributed by atoms with Gasteiger partial charge in [-0.15, -0.1) is 10.2 Å². The van der Waals surface area contributed by atoms with Crippen molar-refractivity contribution in [3.63, 3.8) is 0 Å². The number of halogens is 1. The Balaban J connectivity index is 1.09. The minimum atomic E-state index is -0.161. The number of thioether (sulfide) groups is 1. The van der Waals surface area contributed by atoms with Crippen LogP contribution in [0.1, 0.15) is 15.9 Å². The van der Waals surface area contributed by atoms with E-state index in [1.54, 1.807) is 24.3 Å². The molecule has 0 atom stereocenters. The summed E-state index contributed by atoms with van der Waals surface area (Å²) >= 11 is 7.23. The fourth-order valence-corrected chi connectivity index (χ4v) is 5.00. The van der Waals surface area contributed by atoms with E-state index in [-0.39, 0.29) is 17.6 Å². The summed E-state index contributed by atoms with van der Waals surface area (Å²) in [4.78, 5) is 29.3. The SMILES string of the molecule is Cc1ccccc1-c1nnc(SCC(=O)Nc2ccc(N3CCN(C(=O)c4cccc(Cl)c4)CC3)cc2)o1. The Bertz CT molecular complexity index is 1430. The first-order valence-electron chi connectivity index (χ1n) is 12.2. The number of carbonyl (C=O) groups excluding carboxylic acids is 2. The highest BCUT2D eigenvalue weighted by Gasteiger charge is 2.22. The van der Waals surface area contributed by atoms with Crippen molar-refractivity contribution in [2.45, 2.75) is 12.1 Å². The Hall–Kier alpha value is -3.82. The van der Waals surface area contributed by atoms with E-state index in [1.165, 1.54) is 11.8 Å². The first-order chi connectivity index (χ1) is 18.5. The van der Waals surface area contributed by atoms with Crippen LogP contribution in [-0.4, -0.2) is 58.8 Å². The molecule has 1 fully saturated rings. The van der Waals surface area contributed by atoms with E-state index in [4.69, 9.17) is 16.0 Å². The van der Waals surface area contributed by atoms with E-state index in [2.05, 4.69) is 20.4 Å². The van der Waals surface area contributed by atoms with Gasteiger partial charge >= 0.3 is 0 Å². The van der Waals surface area contributed by atoms with Crippen molar-refractivity contribution in [1.29, 1.82) is 0 Å². The minimum absolute atomic E-state index is 0.00462. The number of amides is 2. The zero-order valence-corrected chi connectivity index (χ0v) is 22.3. The number of nitrogens with one attached hydrogen (secondary N) is 1. The molecule has 8 nitrogen and oxygen atoms in total. The molecule has 38 heavy (non-hydrogen) atoms. The number of aromatic nitrogens is 2. The van der Waals surface area contributed by atoms with Crippen molar-refractivity contribution in [1.82, 2.24) is 15.1 Å². The van der Waals surface area contributed by atoms with Gasteiger partial charge in [-0.1, -0.05) is 47.6 Å². The van der Waals surface area contributed by atoms with Gasteiger partial charge in [0.1, 0.15) is 0 Å². The monoisotopic (exact) mass is 547 g/mol. The molecule has 1 aromatic heterocycles. The summed E-state index contributed by atoms with van der Waals surface area (Å²) in [6.07, 6.45) is 0. The Morgan fingerprint density at radius 3 is 2.47 bits per heavy atom. The summed E-state index contributed by atoms with van der Waals surface area (Å²) in [5.41, 5.74) is 4.28. The zero-order valence-electron chi connectivity index (χ0n) is 20.8. The normalized spacial score (nSPS) is 13.4. The average Bonchev–Trinajstić information content (AvgIpc) is 3.41. The summed E-state index contributed by atoms with van der Waals surface area (Å²) < 4.78 is 5.71. The predicted molar refractivity (Wildman–Crippen MR) is 150 cm³/mol. The molecule has 0 aliphatic carbocycles. The second kappa shape index (κ2) is 11.7. The number of hydrogen-bond acceptors (Lipinski definition) is 7. The minimum Gasteiger partial charge on any atom is -0.411 e. The number of hydrogen-bond donors (Lipinski definition) is 1. The smallest absolute Gasteiger partial charge is 0.277 e. The van der Waals surface area contributed by atoms with Gasteiger partial charge in [-0.05, 0) is 61.0 Å². The molecular formula is C28H26ClN5O3S. The molecule has 0 radical (unpaired) electrons. The molecule has 0 bridgehead atoms. The maximum Gasteiger partial charge on any atom is 0.277 e. The van der Waals surface area contributed by atoms with Crippen LogP contribution in [0.3, 0.4) is 0 Å². The van der Waals surface area contributed by atoms with Crippen LogP contribution in [0.2, 0.25) is 5.02 Å². The van der Waals surface area contributed by atoms with Crippen LogP contribution in [0.15, 0.2) is 82.4 Å². The second-order valence-electron chi connectivity index (χ2n) is 8.86. The molecule has 10 heteroatoms. The highest BCUT2D eigenvalue weighted by atomic mass is 35.5. The number of anilines is 2. The Morgan fingerprint density at radius 1 is 0.974 bits per heavy atom. The summed E-state index contributed by atoms with van der Waals surface area (Å²) in [6.45, 7) is 4.69. The number of nitrogens with zero attached hydrogens (tertiary/aromatic N) is 4. The van der Waals surface area contributed by atoms with E-state index in [0.717, 1.165) is 29.9 Å². The number of piperazine rings is 1. The van der Waals surface area contributed by atoms with Crippen molar-refractivity contribution < 1.29 is 14.0 Å². The van der Waals surface area contributed by atoms with Crippen LogP contribution in [0.4, 0.5) is 11.4 Å². The van der Waals surface area contributed by atoms with Gasteiger partial charge in [0.05, 0.1) is 5.75 Å². The van der Waals surface area contributed by atoms with Crippen LogP contribution in [0.5, 0.6) is 0 Å². The van der Waals surface area contributed by atoms with Gasteiger partial charge in [0, 0.05) is 53.7 Å². The molecule has 2 heterocycles. The van der Waals surface area contributed by atoms with E-state index in [9.17, 15) is 9.59 Å². The Labute approximate surface area is 230 Å². The highest BCUT2D eigenvalue weighted by molar-refractivity contribution is 7.99. The molecule has 1 aliphatic rings. The summed E-state index contributed by atoms with van der Waals surface area (Å²) in [5.74, 6) is 0.428. The molecule has 0 spiro atoms. The largest absolute Gasteiger partial charge is 0.411 e. The number of aryl methyl sites for hydroxylation is 1. The van der Waals surface area contributed by atoms with E-state index in [1.807, 2.05) is 60.4 Å². The summed E-state index contributed by atoms with van der Waals surface area (Å²) in [7, 11) is 0. The lowest BCUT2D eigenvalue weighted by Crippen LogP contribution is -2.48. The third-order valence-corrected chi connectivity index (χ3v) is 7.32. The van der Waals surface area contributed by atoms with Crippen molar-refractivity contribution in [3.8, 4) is 11.5 Å². The molecule has 194 valence electrons. The summed E-state index contributed by atoms with van der Waals surface area (Å²) in [6, 6.07) is 22.5. The lowest BCUT2D eigenvalue weighted by molar-refractivity contribution is -0.113. The van der Waals surface area contributed by atoms with E-state index < -0.39 is 0 Å². The third-order valence-electron chi connectivity index (χ3n) is 6.26. The van der Waals surface area contributed by atoms with Gasteiger partial charge in [-0.3, -0.25) is 9.59 Å². The summed E-state index contributed by atoms with van der Waals surface area (Å²) in [5, 5.41) is 11.9. The molecule has 0 saturated carbocycles. The standard InChI is InChI=1S/C28H26ClN5O3S/c1-19-5-2-3-8-24(19)26-31-32-28(37-26)38-18-25(35)30-22-9-11-23(12-10-22)33-13-15-34(16-14-33)27(36)20-6-4-7-21(29)17-20/h2-12,17H,13-16,18H2,1H3,(H,30,35). The fourth-order valence-electron chi connectivity index (χ4n) is 4.24. The zero-order chi connectivity index (χ0) is 26.5. The van der Waals surface area contributed by atoms with Crippen LogP contribution in [0.25, 0.3) is 11.5 Å². The first-order valence-corrected chi connectivity index (χ1v) is 13.5. The van der Waals surface area contributed by atoms with Gasteiger partial charge in [0.25, 0.3) is 11.1 Å². The lowest BCUT2D eigenvalue weighted by Gasteiger charge is -2.36. The highest BCUT2D eigenvalue weighted by Crippen LogP contribution is 2.26. The van der Waals surface area contributed by atoms with Gasteiger partial charge < -0.3 is 19.5 Å². The van der Waals surface area contributed by atoms with Crippen molar-refractivity contribution in [2.75, 3.05) is 42.1 Å². The van der Waals surface area contributed by atoms with Crippen molar-refractivity contribution in [3.05, 3.63) is 88.9 Å². The third kappa shape index (κ3) is 6.17. The van der Waals surface area contributed by atoms with E-state index >= 15 is 0 Å². The van der Waals surface area contributed by atoms with Crippen LogP contribution >= 0.6 is 23.4 Å². The predicted octanol–water partition coefficient (Wildman–Crippen LogP) is 5.39. The quantitative estimate of drug-likeness (QED) is 0.310. The Morgan fingerprint density at radius 2 is 1.74 bits per heavy atom. The van der Waals surface area contributed by atoms with Gasteiger partial charge in [-0.2, -0.15) is 0 Å². The van der Waals surface area contributed by atoms with Crippen molar-refractivity contribution >= 4 is 46.6 Å². The second-order valence-corrected chi connectivity index (χ2v) is 10.2. The number of carbonyl (C=O) groups is 2. The number of rotatable bonds is 7. The van der Waals surface area contributed by atoms with Gasteiger partial charge in [0.15, 0.2) is 0 Å². The average molecular weight is 548 g/mol. The lowest BCUT2D eigenvalue weighted by atomic mass is 10.1. The molecule has 5 rings (SSSR count). The van der Waals surface area contributed by atoms with Gasteiger partial charge in [0.2, 0.25) is 11.8 Å². The molecule has 1 N–H and O–H groups in total. The van der Waals surface area contributed by atoms with Crippen LogP contribution in [0, 0.1) is 6.92 Å². The van der Waals surface area contributed by atoms with Crippen LogP contribution in [-0.2, 0) is 4.79 Å². The number of benzene rings is 3. The Kier molecular flexibility index (Phi) is 7.95. The molecule has 3 aromatic carbocycles. The maximum atomic E-state index is 12.8. The molecule has 1 saturated heterocycles. The molecule has 0 unspecified atom stereocenters. The molecule has 1 aliphatic heterocycles. The topological polar surface area (TPSA) is 91.6 Å². The molecule has 4 aromatic rings. The van der Waals surface area contributed by atoms with Crippen molar-refractivity contribution in [2.24, 2.45) is 0 Å². The molecular weight excluding hydrogens is 522 g/mol. The fraction of sp³-hybridized carbons (Fsp3) is 0.214. The van der Waals surface area contributed by atoms with Gasteiger partial charge in [-0.25, -0.2) is 0 Å².